The summed E-state index contributed by atoms with van der Waals surface area (Å²) in [5.41, 5.74) is 0.200. The van der Waals surface area contributed by atoms with E-state index in [0.717, 1.165) is 77.5 Å². The number of hydrogen-bond acceptors (Lipinski definition) is 10. The maximum atomic E-state index is 12.9. The zero-order valence-corrected chi connectivity index (χ0v) is 38.2. The van der Waals surface area contributed by atoms with Crippen molar-refractivity contribution in [2.75, 3.05) is 52.4 Å². The molecule has 4 N–H and O–H groups in total. The van der Waals surface area contributed by atoms with E-state index in [-0.39, 0.29) is 12.2 Å². The Labute approximate surface area is 350 Å². The zero-order chi connectivity index (χ0) is 43.8. The van der Waals surface area contributed by atoms with Crippen LogP contribution in [0.25, 0.3) is 0 Å². The van der Waals surface area contributed by atoms with Gasteiger partial charge in [0.1, 0.15) is 22.4 Å². The Bertz CT molecular complexity index is 1250. The van der Waals surface area contributed by atoms with Crippen molar-refractivity contribution in [1.29, 1.82) is 0 Å². The normalized spacial score (nSPS) is 12.1. The molecule has 0 fully saturated rings. The van der Waals surface area contributed by atoms with Gasteiger partial charge in [-0.25, -0.2) is 19.2 Å². The Hall–Kier alpha value is -3.78. The average molecular weight is 821 g/mol. The molecule has 0 heterocycles. The second-order valence-electron chi connectivity index (χ2n) is 18.8. The maximum Gasteiger partial charge on any atom is 0.410 e. The number of nitrogens with zero attached hydrogens (tertiary/aromatic N) is 2. The monoisotopic (exact) mass is 821 g/mol. The predicted octanol–water partition coefficient (Wildman–Crippen LogP) is 8.51. The predicted molar refractivity (Wildman–Crippen MR) is 231 cm³/mol. The minimum atomic E-state index is -0.573. The van der Waals surface area contributed by atoms with Crippen molar-refractivity contribution in [3.63, 3.8) is 0 Å². The SMILES string of the molecule is CC(C)(C)OC(=O)NCCCCN(CCCCNCc1cccc(CNCCCCN(CCCCNC(=O)OC(C)(C)C)C(=O)OC(C)(C)C)c1)C(=O)OC(C)(C)C. The lowest BCUT2D eigenvalue weighted by atomic mass is 10.1. The highest BCUT2D eigenvalue weighted by molar-refractivity contribution is 5.69. The fourth-order valence-corrected chi connectivity index (χ4v) is 5.53. The lowest BCUT2D eigenvalue weighted by molar-refractivity contribution is 0.0233. The number of alkyl carbamates (subject to hydrolysis) is 2. The second kappa shape index (κ2) is 26.3. The lowest BCUT2D eigenvalue weighted by Gasteiger charge is -2.27. The molecule has 58 heavy (non-hydrogen) atoms. The van der Waals surface area contributed by atoms with E-state index >= 15 is 0 Å². The number of carbonyl (C=O) groups is 4. The molecule has 0 atom stereocenters. The highest BCUT2D eigenvalue weighted by Crippen LogP contribution is 2.14. The first-order valence-electron chi connectivity index (χ1n) is 21.3. The summed E-state index contributed by atoms with van der Waals surface area (Å²) in [6, 6.07) is 8.54. The minimum absolute atomic E-state index is 0.313. The first-order valence-corrected chi connectivity index (χ1v) is 21.3. The highest BCUT2D eigenvalue weighted by atomic mass is 16.6. The van der Waals surface area contributed by atoms with Gasteiger partial charge >= 0.3 is 24.4 Å². The zero-order valence-electron chi connectivity index (χ0n) is 38.2. The molecule has 0 aliphatic heterocycles. The number of hydrogen-bond donors (Lipinski definition) is 4. The van der Waals surface area contributed by atoms with Crippen LogP contribution in [0, 0.1) is 0 Å². The molecule has 1 rings (SSSR count). The van der Waals surface area contributed by atoms with Crippen LogP contribution in [0.15, 0.2) is 24.3 Å². The fourth-order valence-electron chi connectivity index (χ4n) is 5.53. The first kappa shape index (κ1) is 52.2. The van der Waals surface area contributed by atoms with Crippen molar-refractivity contribution < 1.29 is 38.1 Å². The van der Waals surface area contributed by atoms with Crippen molar-refractivity contribution in [2.24, 2.45) is 0 Å². The molecule has 0 aliphatic rings. The number of unbranched alkanes of at least 4 members (excludes halogenated alkanes) is 4. The molecule has 14 nitrogen and oxygen atoms in total. The van der Waals surface area contributed by atoms with Crippen LogP contribution < -0.4 is 21.3 Å². The van der Waals surface area contributed by atoms with Gasteiger partial charge in [-0.3, -0.25) is 0 Å². The molecule has 0 saturated carbocycles. The van der Waals surface area contributed by atoms with E-state index in [1.165, 1.54) is 11.1 Å². The molecule has 0 spiro atoms. The Morgan fingerprint density at radius 2 is 0.776 bits per heavy atom. The molecule has 1 aromatic carbocycles. The van der Waals surface area contributed by atoms with Crippen LogP contribution in [-0.4, -0.2) is 109 Å². The molecule has 0 aliphatic carbocycles. The first-order chi connectivity index (χ1) is 26.9. The molecule has 334 valence electrons. The van der Waals surface area contributed by atoms with Gasteiger partial charge in [0.2, 0.25) is 0 Å². The molecular formula is C44H80N6O8. The van der Waals surface area contributed by atoms with Crippen LogP contribution in [0.5, 0.6) is 0 Å². The van der Waals surface area contributed by atoms with Crippen LogP contribution in [0.3, 0.4) is 0 Å². The van der Waals surface area contributed by atoms with E-state index in [4.69, 9.17) is 18.9 Å². The molecule has 4 amide bonds. The average Bonchev–Trinajstić information content (AvgIpc) is 3.06. The molecule has 0 saturated heterocycles. The molecule has 0 radical (unpaired) electrons. The number of carbonyl (C=O) groups excluding carboxylic acids is 4. The molecule has 0 bridgehead atoms. The number of rotatable bonds is 24. The van der Waals surface area contributed by atoms with E-state index < -0.39 is 34.6 Å². The standard InChI is InChI=1S/C44H80N6O8/c1-41(2,3)55-37(51)47-26-15-19-30-49(39(53)57-43(7,8)9)28-17-13-24-45-33-35-22-21-23-36(32-35)34-46-25-14-18-29-50(40(54)58-44(10,11)12)31-20-16-27-48-38(52)56-42(4,5)6/h21-23,32,45-46H,13-20,24-31,33-34H2,1-12H3,(H,47,51)(H,48,52). The van der Waals surface area contributed by atoms with E-state index in [2.05, 4.69) is 45.5 Å². The fraction of sp³-hybridized carbons (Fsp3) is 0.773. The third-order valence-electron chi connectivity index (χ3n) is 8.06. The van der Waals surface area contributed by atoms with Crippen molar-refractivity contribution >= 4 is 24.4 Å². The van der Waals surface area contributed by atoms with E-state index in [1.807, 2.05) is 83.1 Å². The summed E-state index contributed by atoms with van der Waals surface area (Å²) in [4.78, 5) is 53.2. The second-order valence-corrected chi connectivity index (χ2v) is 18.8. The molecular weight excluding hydrogens is 741 g/mol. The smallest absolute Gasteiger partial charge is 0.410 e. The Balaban J connectivity index is 2.42. The molecule has 0 aromatic heterocycles. The van der Waals surface area contributed by atoms with Crippen molar-refractivity contribution in [1.82, 2.24) is 31.1 Å². The largest absolute Gasteiger partial charge is 0.444 e. The quantitative estimate of drug-likeness (QED) is 0.0588. The van der Waals surface area contributed by atoms with Gasteiger partial charge in [-0.05, 0) is 159 Å². The van der Waals surface area contributed by atoms with Crippen LogP contribution in [0.4, 0.5) is 19.2 Å². The number of benzene rings is 1. The summed E-state index contributed by atoms with van der Waals surface area (Å²) in [6.45, 7) is 28.7. The summed E-state index contributed by atoms with van der Waals surface area (Å²) in [7, 11) is 0. The van der Waals surface area contributed by atoms with E-state index in [0.29, 0.717) is 39.3 Å². The van der Waals surface area contributed by atoms with Crippen LogP contribution in [0.1, 0.15) is 146 Å². The topological polar surface area (TPSA) is 160 Å². The highest BCUT2D eigenvalue weighted by Gasteiger charge is 2.23. The van der Waals surface area contributed by atoms with Gasteiger partial charge in [0.05, 0.1) is 0 Å². The van der Waals surface area contributed by atoms with Crippen LogP contribution in [0.2, 0.25) is 0 Å². The minimum Gasteiger partial charge on any atom is -0.444 e. The Morgan fingerprint density at radius 3 is 1.09 bits per heavy atom. The third kappa shape index (κ3) is 29.4. The summed E-state index contributed by atoms with van der Waals surface area (Å²) >= 11 is 0. The van der Waals surface area contributed by atoms with Crippen LogP contribution in [-0.2, 0) is 32.0 Å². The van der Waals surface area contributed by atoms with Gasteiger partial charge < -0.3 is 50.0 Å². The van der Waals surface area contributed by atoms with Crippen molar-refractivity contribution in [3.8, 4) is 0 Å². The van der Waals surface area contributed by atoms with Gasteiger partial charge in [0, 0.05) is 52.4 Å². The van der Waals surface area contributed by atoms with Crippen molar-refractivity contribution in [3.05, 3.63) is 35.4 Å². The van der Waals surface area contributed by atoms with Gasteiger partial charge in [0.15, 0.2) is 0 Å². The number of amides is 4. The van der Waals surface area contributed by atoms with Crippen LogP contribution >= 0.6 is 0 Å². The molecule has 1 aromatic rings. The van der Waals surface area contributed by atoms with Gasteiger partial charge in [-0.1, -0.05) is 24.3 Å². The number of nitrogens with one attached hydrogen (secondary N) is 4. The Morgan fingerprint density at radius 1 is 0.466 bits per heavy atom. The van der Waals surface area contributed by atoms with Gasteiger partial charge in [0.25, 0.3) is 0 Å². The Kier molecular flexibility index (Phi) is 23.7. The molecule has 0 unspecified atom stereocenters. The maximum absolute atomic E-state index is 12.9. The van der Waals surface area contributed by atoms with Crippen molar-refractivity contribution in [2.45, 2.75) is 170 Å². The van der Waals surface area contributed by atoms with Gasteiger partial charge in [-0.2, -0.15) is 0 Å². The third-order valence-corrected chi connectivity index (χ3v) is 8.06. The van der Waals surface area contributed by atoms with Gasteiger partial charge in [-0.15, -0.1) is 0 Å². The summed E-state index contributed by atoms with van der Waals surface area (Å²) < 4.78 is 21.9. The van der Waals surface area contributed by atoms with E-state index in [1.54, 1.807) is 9.80 Å². The lowest BCUT2D eigenvalue weighted by Crippen LogP contribution is -2.38. The summed E-state index contributed by atoms with van der Waals surface area (Å²) in [6.07, 6.45) is 4.95. The summed E-state index contributed by atoms with van der Waals surface area (Å²) in [5, 5.41) is 12.6. The van der Waals surface area contributed by atoms with E-state index in [9.17, 15) is 19.2 Å². The number of ether oxygens (including phenoxy) is 4. The summed E-state index contributed by atoms with van der Waals surface area (Å²) in [5.74, 6) is 0. The molecule has 14 heteroatoms.